The highest BCUT2D eigenvalue weighted by molar-refractivity contribution is 8.00. The van der Waals surface area contributed by atoms with E-state index in [0.29, 0.717) is 28.8 Å². The van der Waals surface area contributed by atoms with E-state index in [9.17, 15) is 9.18 Å². The second-order valence-electron chi connectivity index (χ2n) is 5.66. The summed E-state index contributed by atoms with van der Waals surface area (Å²) in [4.78, 5) is 12.0. The van der Waals surface area contributed by atoms with E-state index in [1.807, 2.05) is 6.07 Å². The van der Waals surface area contributed by atoms with E-state index in [0.717, 1.165) is 17.2 Å². The third-order valence-corrected chi connectivity index (χ3v) is 5.93. The lowest BCUT2D eigenvalue weighted by Crippen LogP contribution is -2.14. The molecule has 0 atom stereocenters. The zero-order chi connectivity index (χ0) is 16.1. The molecule has 1 aromatic heterocycles. The first-order chi connectivity index (χ1) is 11.2. The molecule has 1 aliphatic carbocycles. The minimum atomic E-state index is -0.213. The molecule has 0 unspecified atom stereocenters. The Bertz CT molecular complexity index is 671. The lowest BCUT2D eigenvalue weighted by atomic mass is 10.0. The second-order valence-corrected chi connectivity index (χ2v) is 7.86. The molecule has 1 aliphatic rings. The highest BCUT2D eigenvalue weighted by Crippen LogP contribution is 2.30. The first-order valence-electron chi connectivity index (χ1n) is 7.70. The Hall–Kier alpha value is -1.47. The number of anilines is 1. The van der Waals surface area contributed by atoms with Crippen molar-refractivity contribution in [2.75, 3.05) is 5.32 Å². The van der Waals surface area contributed by atoms with Gasteiger partial charge in [0, 0.05) is 12.2 Å². The van der Waals surface area contributed by atoms with Crippen LogP contribution in [-0.2, 0) is 10.5 Å². The molecule has 1 heterocycles. The predicted molar refractivity (Wildman–Crippen MR) is 91.1 cm³/mol. The number of carbonyl (C=O) groups excluding carboxylic acids is 1. The third-order valence-electron chi connectivity index (χ3n) is 3.91. The van der Waals surface area contributed by atoms with Crippen LogP contribution < -0.4 is 5.32 Å². The van der Waals surface area contributed by atoms with E-state index in [2.05, 4.69) is 15.5 Å². The average Bonchev–Trinajstić information content (AvgIpc) is 3.18. The number of benzene rings is 1. The first-order valence-corrected chi connectivity index (χ1v) is 9.50. The van der Waals surface area contributed by atoms with Gasteiger partial charge in [-0.3, -0.25) is 4.79 Å². The molecule has 0 bridgehead atoms. The fourth-order valence-electron chi connectivity index (χ4n) is 2.72. The van der Waals surface area contributed by atoms with Crippen LogP contribution >= 0.6 is 23.1 Å². The number of thioether (sulfide) groups is 1. The van der Waals surface area contributed by atoms with Crippen LogP contribution in [0.4, 0.5) is 9.52 Å². The standard InChI is InChI=1S/C16H18FN3OS2/c17-13-8-4-3-7-12(13)10-22-16-20-19-15(23-16)18-14(21)9-11-5-1-2-6-11/h3-4,7-8,11H,1-2,5-6,9-10H2,(H,18,19,21). The van der Waals surface area contributed by atoms with Gasteiger partial charge in [0.2, 0.25) is 11.0 Å². The smallest absolute Gasteiger partial charge is 0.226 e. The normalized spacial score (nSPS) is 15.0. The molecule has 1 N–H and O–H groups in total. The van der Waals surface area contributed by atoms with Gasteiger partial charge in [0.25, 0.3) is 0 Å². The van der Waals surface area contributed by atoms with Crippen LogP contribution in [0, 0.1) is 11.7 Å². The van der Waals surface area contributed by atoms with Crippen molar-refractivity contribution in [2.24, 2.45) is 5.92 Å². The Kier molecular flexibility index (Phi) is 5.61. The van der Waals surface area contributed by atoms with E-state index in [1.54, 1.807) is 12.1 Å². The summed E-state index contributed by atoms with van der Waals surface area (Å²) in [5.41, 5.74) is 0.638. The van der Waals surface area contributed by atoms with Gasteiger partial charge in [-0.05, 0) is 30.4 Å². The summed E-state index contributed by atoms with van der Waals surface area (Å²) < 4.78 is 14.3. The van der Waals surface area contributed by atoms with Crippen molar-refractivity contribution >= 4 is 34.1 Å². The van der Waals surface area contributed by atoms with Crippen LogP contribution in [0.3, 0.4) is 0 Å². The number of nitrogens with zero attached hydrogens (tertiary/aromatic N) is 2. The Morgan fingerprint density at radius 1 is 1.30 bits per heavy atom. The Balaban J connectivity index is 1.49. The molecule has 0 aliphatic heterocycles. The highest BCUT2D eigenvalue weighted by Gasteiger charge is 2.19. The summed E-state index contributed by atoms with van der Waals surface area (Å²) >= 11 is 2.75. The van der Waals surface area contributed by atoms with E-state index in [1.165, 1.54) is 42.0 Å². The zero-order valence-electron chi connectivity index (χ0n) is 12.6. The van der Waals surface area contributed by atoms with E-state index in [4.69, 9.17) is 0 Å². The fraction of sp³-hybridized carbons (Fsp3) is 0.438. The van der Waals surface area contributed by atoms with Gasteiger partial charge < -0.3 is 5.32 Å². The minimum absolute atomic E-state index is 0.0127. The molecule has 3 rings (SSSR count). The molecule has 7 heteroatoms. The minimum Gasteiger partial charge on any atom is -0.300 e. The molecule has 0 spiro atoms. The van der Waals surface area contributed by atoms with Crippen molar-refractivity contribution in [3.8, 4) is 0 Å². The average molecular weight is 351 g/mol. The van der Waals surface area contributed by atoms with Crippen LogP contribution in [0.1, 0.15) is 37.7 Å². The SMILES string of the molecule is O=C(CC1CCCC1)Nc1nnc(SCc2ccccc2F)s1. The molecule has 4 nitrogen and oxygen atoms in total. The van der Waals surface area contributed by atoms with Gasteiger partial charge in [-0.1, -0.05) is 54.1 Å². The molecule has 0 radical (unpaired) electrons. The Morgan fingerprint density at radius 2 is 2.09 bits per heavy atom. The van der Waals surface area contributed by atoms with E-state index >= 15 is 0 Å². The molecule has 23 heavy (non-hydrogen) atoms. The molecular weight excluding hydrogens is 333 g/mol. The van der Waals surface area contributed by atoms with Crippen LogP contribution in [0.15, 0.2) is 28.6 Å². The van der Waals surface area contributed by atoms with Gasteiger partial charge in [-0.2, -0.15) is 0 Å². The largest absolute Gasteiger partial charge is 0.300 e. The number of hydrogen-bond acceptors (Lipinski definition) is 5. The Morgan fingerprint density at radius 3 is 2.87 bits per heavy atom. The summed E-state index contributed by atoms with van der Waals surface area (Å²) in [7, 11) is 0. The number of amides is 1. The first kappa shape index (κ1) is 16.4. The van der Waals surface area contributed by atoms with Gasteiger partial charge in [-0.15, -0.1) is 10.2 Å². The number of halogens is 1. The summed E-state index contributed by atoms with van der Waals surface area (Å²) in [6, 6.07) is 6.69. The second kappa shape index (κ2) is 7.88. The number of carbonyl (C=O) groups is 1. The van der Waals surface area contributed by atoms with Crippen molar-refractivity contribution in [3.63, 3.8) is 0 Å². The third kappa shape index (κ3) is 4.75. The molecule has 1 aromatic carbocycles. The fourth-order valence-corrected chi connectivity index (χ4v) is 4.48. The molecule has 1 amide bonds. The van der Waals surface area contributed by atoms with Crippen LogP contribution in [0.25, 0.3) is 0 Å². The van der Waals surface area contributed by atoms with E-state index in [-0.39, 0.29) is 11.7 Å². The molecular formula is C16H18FN3OS2. The van der Waals surface area contributed by atoms with Crippen molar-refractivity contribution < 1.29 is 9.18 Å². The molecule has 1 saturated carbocycles. The van der Waals surface area contributed by atoms with Gasteiger partial charge >= 0.3 is 0 Å². The van der Waals surface area contributed by atoms with Crippen molar-refractivity contribution in [1.29, 1.82) is 0 Å². The molecule has 2 aromatic rings. The topological polar surface area (TPSA) is 54.9 Å². The molecule has 122 valence electrons. The summed E-state index contributed by atoms with van der Waals surface area (Å²) in [5, 5.41) is 11.4. The maximum absolute atomic E-state index is 13.6. The van der Waals surface area contributed by atoms with Crippen LogP contribution in [-0.4, -0.2) is 16.1 Å². The number of nitrogens with one attached hydrogen (secondary N) is 1. The maximum atomic E-state index is 13.6. The monoisotopic (exact) mass is 351 g/mol. The number of hydrogen-bond donors (Lipinski definition) is 1. The maximum Gasteiger partial charge on any atom is 0.226 e. The number of rotatable bonds is 6. The van der Waals surface area contributed by atoms with Gasteiger partial charge in [-0.25, -0.2) is 4.39 Å². The van der Waals surface area contributed by atoms with Crippen LogP contribution in [0.2, 0.25) is 0 Å². The molecule has 1 fully saturated rings. The summed E-state index contributed by atoms with van der Waals surface area (Å²) in [5.74, 6) is 0.809. The van der Waals surface area contributed by atoms with Gasteiger partial charge in [0.1, 0.15) is 5.82 Å². The van der Waals surface area contributed by atoms with Gasteiger partial charge in [0.05, 0.1) is 0 Å². The van der Waals surface area contributed by atoms with Crippen molar-refractivity contribution in [2.45, 2.75) is 42.2 Å². The van der Waals surface area contributed by atoms with Crippen LogP contribution in [0.5, 0.6) is 0 Å². The molecule has 0 saturated heterocycles. The predicted octanol–water partition coefficient (Wildman–Crippen LogP) is 4.49. The van der Waals surface area contributed by atoms with E-state index < -0.39 is 0 Å². The Labute approximate surface area is 142 Å². The lowest BCUT2D eigenvalue weighted by Gasteiger charge is -2.06. The highest BCUT2D eigenvalue weighted by atomic mass is 32.2. The number of aromatic nitrogens is 2. The van der Waals surface area contributed by atoms with Crippen molar-refractivity contribution in [3.05, 3.63) is 35.6 Å². The van der Waals surface area contributed by atoms with Crippen molar-refractivity contribution in [1.82, 2.24) is 10.2 Å². The quantitative estimate of drug-likeness (QED) is 0.615. The zero-order valence-corrected chi connectivity index (χ0v) is 14.3. The summed E-state index contributed by atoms with van der Waals surface area (Å²) in [6.07, 6.45) is 5.32. The lowest BCUT2D eigenvalue weighted by molar-refractivity contribution is -0.117. The summed E-state index contributed by atoms with van der Waals surface area (Å²) in [6.45, 7) is 0. The van der Waals surface area contributed by atoms with Gasteiger partial charge in [0.15, 0.2) is 4.34 Å².